The summed E-state index contributed by atoms with van der Waals surface area (Å²) in [6.45, 7) is 8.03. The Hall–Kier alpha value is -3.54. The van der Waals surface area contributed by atoms with E-state index in [4.69, 9.17) is 14.6 Å². The highest BCUT2D eigenvalue weighted by atomic mass is 16.5. The number of aromatic nitrogens is 2. The molecule has 0 unspecified atom stereocenters. The minimum absolute atomic E-state index is 0.0343. The zero-order valence-corrected chi connectivity index (χ0v) is 17.6. The Kier molecular flexibility index (Phi) is 6.91. The van der Waals surface area contributed by atoms with Gasteiger partial charge in [-0.1, -0.05) is 18.2 Å². The molecule has 1 aromatic heterocycles. The second kappa shape index (κ2) is 9.78. The van der Waals surface area contributed by atoms with Gasteiger partial charge in [0.25, 0.3) is 0 Å². The first-order valence-electron chi connectivity index (χ1n) is 9.87. The summed E-state index contributed by atoms with van der Waals surface area (Å²) in [4.78, 5) is 12.1. The summed E-state index contributed by atoms with van der Waals surface area (Å²) in [7, 11) is 1.63. The number of nitrogens with one attached hydrogen (secondary N) is 1. The van der Waals surface area contributed by atoms with E-state index in [0.29, 0.717) is 25.3 Å². The van der Waals surface area contributed by atoms with Gasteiger partial charge < -0.3 is 14.8 Å². The van der Waals surface area contributed by atoms with E-state index in [-0.39, 0.29) is 5.91 Å². The highest BCUT2D eigenvalue weighted by Crippen LogP contribution is 2.32. The first-order chi connectivity index (χ1) is 14.5. The minimum atomic E-state index is -0.0343. The standard InChI is InChI=1S/C24H27N3O3/c1-5-15-25-23(28)14-13-22-18(3)26-27(19-9-11-20(29-4)12-10-19)24(22)30-21-8-6-7-17(2)16-21/h5-12,16H,1,13-15H2,2-4H3,(H,25,28). The van der Waals surface area contributed by atoms with Crippen LogP contribution in [0.5, 0.6) is 17.4 Å². The monoisotopic (exact) mass is 405 g/mol. The van der Waals surface area contributed by atoms with Crippen molar-refractivity contribution < 1.29 is 14.3 Å². The molecule has 0 spiro atoms. The van der Waals surface area contributed by atoms with Crippen LogP contribution in [-0.4, -0.2) is 29.3 Å². The summed E-state index contributed by atoms with van der Waals surface area (Å²) in [5, 5.41) is 7.51. The molecule has 1 amide bonds. The van der Waals surface area contributed by atoms with Crippen molar-refractivity contribution in [1.29, 1.82) is 0 Å². The van der Waals surface area contributed by atoms with Crippen molar-refractivity contribution in [3.8, 4) is 23.1 Å². The van der Waals surface area contributed by atoms with Gasteiger partial charge in [-0.2, -0.15) is 5.10 Å². The Morgan fingerprint density at radius 1 is 1.17 bits per heavy atom. The van der Waals surface area contributed by atoms with Crippen molar-refractivity contribution >= 4 is 5.91 Å². The lowest BCUT2D eigenvalue weighted by Crippen LogP contribution is -2.23. The molecule has 0 fully saturated rings. The summed E-state index contributed by atoms with van der Waals surface area (Å²) >= 11 is 0. The van der Waals surface area contributed by atoms with Crippen LogP contribution >= 0.6 is 0 Å². The van der Waals surface area contributed by atoms with Crippen LogP contribution in [0.25, 0.3) is 5.69 Å². The first-order valence-corrected chi connectivity index (χ1v) is 9.87. The molecular weight excluding hydrogens is 378 g/mol. The largest absolute Gasteiger partial charge is 0.497 e. The van der Waals surface area contributed by atoms with Gasteiger partial charge >= 0.3 is 0 Å². The average molecular weight is 405 g/mol. The van der Waals surface area contributed by atoms with Crippen LogP contribution in [0.15, 0.2) is 61.2 Å². The third kappa shape index (κ3) is 5.08. The zero-order valence-electron chi connectivity index (χ0n) is 17.6. The van der Waals surface area contributed by atoms with E-state index in [1.807, 2.05) is 62.4 Å². The van der Waals surface area contributed by atoms with Gasteiger partial charge in [-0.15, -0.1) is 6.58 Å². The topological polar surface area (TPSA) is 65.4 Å². The van der Waals surface area contributed by atoms with E-state index in [2.05, 4.69) is 11.9 Å². The van der Waals surface area contributed by atoms with Crippen molar-refractivity contribution in [2.24, 2.45) is 0 Å². The highest BCUT2D eigenvalue weighted by Gasteiger charge is 2.20. The second-order valence-electron chi connectivity index (χ2n) is 6.99. The van der Waals surface area contributed by atoms with Crippen molar-refractivity contribution in [2.75, 3.05) is 13.7 Å². The van der Waals surface area contributed by atoms with E-state index < -0.39 is 0 Å². The molecule has 0 atom stereocenters. The van der Waals surface area contributed by atoms with Crippen LogP contribution in [0.1, 0.15) is 23.2 Å². The average Bonchev–Trinajstić information content (AvgIpc) is 3.05. The van der Waals surface area contributed by atoms with Gasteiger partial charge in [0, 0.05) is 18.5 Å². The lowest BCUT2D eigenvalue weighted by molar-refractivity contribution is -0.120. The van der Waals surface area contributed by atoms with E-state index >= 15 is 0 Å². The molecule has 0 aliphatic rings. The van der Waals surface area contributed by atoms with Crippen LogP contribution in [0, 0.1) is 13.8 Å². The molecule has 2 aromatic carbocycles. The Morgan fingerprint density at radius 2 is 1.93 bits per heavy atom. The SMILES string of the molecule is C=CCNC(=O)CCc1c(C)nn(-c2ccc(OC)cc2)c1Oc1cccc(C)c1. The maximum Gasteiger partial charge on any atom is 0.226 e. The number of benzene rings is 2. The normalized spacial score (nSPS) is 10.5. The van der Waals surface area contributed by atoms with Crippen molar-refractivity contribution in [2.45, 2.75) is 26.7 Å². The van der Waals surface area contributed by atoms with E-state index in [9.17, 15) is 4.79 Å². The van der Waals surface area contributed by atoms with Crippen LogP contribution in [0.4, 0.5) is 0 Å². The van der Waals surface area contributed by atoms with Gasteiger partial charge in [-0.3, -0.25) is 4.79 Å². The first kappa shape index (κ1) is 21.2. The molecule has 1 heterocycles. The summed E-state index contributed by atoms with van der Waals surface area (Å²) in [6, 6.07) is 15.5. The summed E-state index contributed by atoms with van der Waals surface area (Å²) < 4.78 is 13.3. The molecule has 0 aliphatic heterocycles. The zero-order chi connectivity index (χ0) is 21.5. The van der Waals surface area contributed by atoms with Gasteiger partial charge in [0.15, 0.2) is 0 Å². The van der Waals surface area contributed by atoms with Crippen molar-refractivity contribution in [3.63, 3.8) is 0 Å². The van der Waals surface area contributed by atoms with Crippen molar-refractivity contribution in [3.05, 3.63) is 78.0 Å². The number of methoxy groups -OCH3 is 1. The molecule has 0 saturated heterocycles. The molecule has 30 heavy (non-hydrogen) atoms. The third-order valence-electron chi connectivity index (χ3n) is 4.70. The highest BCUT2D eigenvalue weighted by molar-refractivity contribution is 5.76. The Balaban J connectivity index is 1.96. The lowest BCUT2D eigenvalue weighted by Gasteiger charge is -2.12. The number of carbonyl (C=O) groups excluding carboxylic acids is 1. The fraction of sp³-hybridized carbons (Fsp3) is 0.250. The quantitative estimate of drug-likeness (QED) is 0.532. The van der Waals surface area contributed by atoms with E-state index in [1.165, 1.54) is 0 Å². The van der Waals surface area contributed by atoms with Gasteiger partial charge in [0.1, 0.15) is 11.5 Å². The van der Waals surface area contributed by atoms with Crippen LogP contribution in [0.3, 0.4) is 0 Å². The number of amides is 1. The van der Waals surface area contributed by atoms with Gasteiger partial charge in [-0.05, 0) is 62.2 Å². The maximum absolute atomic E-state index is 12.1. The lowest BCUT2D eigenvalue weighted by atomic mass is 10.1. The predicted octanol–water partition coefficient (Wildman–Crippen LogP) is 4.52. The number of hydrogen-bond donors (Lipinski definition) is 1. The fourth-order valence-electron chi connectivity index (χ4n) is 3.13. The molecule has 0 radical (unpaired) electrons. The molecule has 0 saturated carbocycles. The number of rotatable bonds is 9. The maximum atomic E-state index is 12.1. The molecule has 0 bridgehead atoms. The number of carbonyl (C=O) groups is 1. The van der Waals surface area contributed by atoms with Gasteiger partial charge in [-0.25, -0.2) is 4.68 Å². The summed E-state index contributed by atoms with van der Waals surface area (Å²) in [5.74, 6) is 2.07. The smallest absolute Gasteiger partial charge is 0.226 e. The van der Waals surface area contributed by atoms with Gasteiger partial charge in [0.05, 0.1) is 18.5 Å². The van der Waals surface area contributed by atoms with Crippen LogP contribution in [0.2, 0.25) is 0 Å². The van der Waals surface area contributed by atoms with Crippen molar-refractivity contribution in [1.82, 2.24) is 15.1 Å². The molecule has 1 N–H and O–H groups in total. The molecule has 3 aromatic rings. The van der Waals surface area contributed by atoms with E-state index in [1.54, 1.807) is 17.9 Å². The summed E-state index contributed by atoms with van der Waals surface area (Å²) in [5.41, 5.74) is 3.68. The van der Waals surface area contributed by atoms with Crippen LogP contribution in [-0.2, 0) is 11.2 Å². The molecule has 156 valence electrons. The molecule has 6 heteroatoms. The predicted molar refractivity (Wildman–Crippen MR) is 118 cm³/mol. The fourth-order valence-corrected chi connectivity index (χ4v) is 3.13. The molecule has 6 nitrogen and oxygen atoms in total. The second-order valence-corrected chi connectivity index (χ2v) is 6.99. The number of nitrogens with zero attached hydrogens (tertiary/aromatic N) is 2. The van der Waals surface area contributed by atoms with Crippen LogP contribution < -0.4 is 14.8 Å². The Labute approximate surface area is 177 Å². The number of ether oxygens (including phenoxy) is 2. The minimum Gasteiger partial charge on any atom is -0.497 e. The molecular formula is C24H27N3O3. The van der Waals surface area contributed by atoms with E-state index in [0.717, 1.165) is 34.0 Å². The molecule has 0 aliphatic carbocycles. The number of hydrogen-bond acceptors (Lipinski definition) is 4. The van der Waals surface area contributed by atoms with Gasteiger partial charge in [0.2, 0.25) is 11.8 Å². The Morgan fingerprint density at radius 3 is 2.60 bits per heavy atom. The number of aryl methyl sites for hydroxylation is 2. The third-order valence-corrected chi connectivity index (χ3v) is 4.70. The Bertz CT molecular complexity index is 1020. The summed E-state index contributed by atoms with van der Waals surface area (Å²) in [6.07, 6.45) is 2.52. The molecule has 3 rings (SSSR count).